The fourth-order valence-electron chi connectivity index (χ4n) is 3.92. The number of carbonyl (C=O) groups excluding carboxylic acids is 1. The first-order valence-corrected chi connectivity index (χ1v) is 10.1. The molecule has 0 saturated carbocycles. The van der Waals surface area contributed by atoms with E-state index in [2.05, 4.69) is 35.0 Å². The van der Waals surface area contributed by atoms with Crippen LogP contribution in [0.25, 0.3) is 11.0 Å². The van der Waals surface area contributed by atoms with E-state index < -0.39 is 0 Å². The summed E-state index contributed by atoms with van der Waals surface area (Å²) in [4.78, 5) is 21.5. The van der Waals surface area contributed by atoms with Gasteiger partial charge in [-0.3, -0.25) is 14.7 Å². The summed E-state index contributed by atoms with van der Waals surface area (Å²) in [7, 11) is 0. The Hall–Kier alpha value is -2.66. The van der Waals surface area contributed by atoms with Crippen molar-refractivity contribution in [2.45, 2.75) is 33.2 Å². The van der Waals surface area contributed by atoms with E-state index in [0.29, 0.717) is 5.76 Å². The van der Waals surface area contributed by atoms with Gasteiger partial charge in [0.1, 0.15) is 5.58 Å². The SMILES string of the molecule is CCCc1ccc2oc(C(=O)N3CCN(Cc4cccnc4)CC3)c(C)c2c1. The van der Waals surface area contributed by atoms with Crippen molar-refractivity contribution in [3.8, 4) is 0 Å². The van der Waals surface area contributed by atoms with Crippen LogP contribution in [0, 0.1) is 6.92 Å². The number of pyridine rings is 1. The van der Waals surface area contributed by atoms with E-state index in [9.17, 15) is 4.79 Å². The zero-order valence-electron chi connectivity index (χ0n) is 16.6. The van der Waals surface area contributed by atoms with Gasteiger partial charge < -0.3 is 9.32 Å². The Balaban J connectivity index is 1.44. The molecule has 4 rings (SSSR count). The molecule has 1 saturated heterocycles. The number of piperazine rings is 1. The predicted molar refractivity (Wildman–Crippen MR) is 110 cm³/mol. The van der Waals surface area contributed by atoms with Crippen LogP contribution in [0.3, 0.4) is 0 Å². The number of hydrogen-bond donors (Lipinski definition) is 0. The number of fused-ring (bicyclic) bond motifs is 1. The number of nitrogens with zero attached hydrogens (tertiary/aromatic N) is 3. The molecule has 0 N–H and O–H groups in total. The Morgan fingerprint density at radius 3 is 2.68 bits per heavy atom. The largest absolute Gasteiger partial charge is 0.451 e. The summed E-state index contributed by atoms with van der Waals surface area (Å²) in [6.07, 6.45) is 5.85. The molecule has 0 unspecified atom stereocenters. The Bertz CT molecular complexity index is 957. The number of furan rings is 1. The summed E-state index contributed by atoms with van der Waals surface area (Å²) in [5, 5.41) is 1.06. The van der Waals surface area contributed by atoms with Gasteiger partial charge in [-0.25, -0.2) is 0 Å². The van der Waals surface area contributed by atoms with E-state index in [1.807, 2.05) is 30.2 Å². The normalized spacial score (nSPS) is 15.3. The first kappa shape index (κ1) is 18.7. The highest BCUT2D eigenvalue weighted by molar-refractivity contribution is 5.99. The summed E-state index contributed by atoms with van der Waals surface area (Å²) < 4.78 is 5.96. The molecule has 1 aromatic carbocycles. The lowest BCUT2D eigenvalue weighted by Crippen LogP contribution is -2.48. The van der Waals surface area contributed by atoms with E-state index in [1.54, 1.807) is 6.20 Å². The quantitative estimate of drug-likeness (QED) is 0.673. The minimum absolute atomic E-state index is 0.00627. The minimum Gasteiger partial charge on any atom is -0.451 e. The lowest BCUT2D eigenvalue weighted by atomic mass is 10.1. The van der Waals surface area contributed by atoms with Crippen molar-refractivity contribution in [3.05, 3.63) is 65.2 Å². The average molecular weight is 377 g/mol. The highest BCUT2D eigenvalue weighted by Crippen LogP contribution is 2.28. The Morgan fingerprint density at radius 1 is 1.14 bits per heavy atom. The lowest BCUT2D eigenvalue weighted by Gasteiger charge is -2.34. The van der Waals surface area contributed by atoms with Gasteiger partial charge in [-0.05, 0) is 42.7 Å². The van der Waals surface area contributed by atoms with Crippen LogP contribution in [0.1, 0.15) is 40.6 Å². The third kappa shape index (κ3) is 3.80. The summed E-state index contributed by atoms with van der Waals surface area (Å²) in [5.74, 6) is 0.496. The fourth-order valence-corrected chi connectivity index (χ4v) is 3.92. The zero-order chi connectivity index (χ0) is 19.5. The fraction of sp³-hybridized carbons (Fsp3) is 0.391. The van der Waals surface area contributed by atoms with Gasteiger partial charge in [0.2, 0.25) is 0 Å². The van der Waals surface area contributed by atoms with E-state index in [-0.39, 0.29) is 5.91 Å². The van der Waals surface area contributed by atoms with Gasteiger partial charge in [0.05, 0.1) is 0 Å². The van der Waals surface area contributed by atoms with Gasteiger partial charge >= 0.3 is 0 Å². The van der Waals surface area contributed by atoms with Crippen LogP contribution >= 0.6 is 0 Å². The van der Waals surface area contributed by atoms with E-state index >= 15 is 0 Å². The van der Waals surface area contributed by atoms with E-state index in [1.165, 1.54) is 11.1 Å². The highest BCUT2D eigenvalue weighted by atomic mass is 16.3. The molecule has 5 heteroatoms. The molecule has 1 fully saturated rings. The number of carbonyl (C=O) groups is 1. The number of benzene rings is 1. The molecular weight excluding hydrogens is 350 g/mol. The maximum Gasteiger partial charge on any atom is 0.289 e. The summed E-state index contributed by atoms with van der Waals surface area (Å²) in [5.41, 5.74) is 4.26. The second kappa shape index (κ2) is 8.15. The Morgan fingerprint density at radius 2 is 1.96 bits per heavy atom. The molecule has 0 aliphatic carbocycles. The zero-order valence-corrected chi connectivity index (χ0v) is 16.6. The van der Waals surface area contributed by atoms with Crippen molar-refractivity contribution in [2.24, 2.45) is 0 Å². The maximum absolute atomic E-state index is 13.1. The van der Waals surface area contributed by atoms with Crippen LogP contribution < -0.4 is 0 Å². The molecule has 28 heavy (non-hydrogen) atoms. The van der Waals surface area contributed by atoms with Crippen LogP contribution in [0.2, 0.25) is 0 Å². The average Bonchev–Trinajstić information content (AvgIpc) is 3.05. The van der Waals surface area contributed by atoms with E-state index in [0.717, 1.165) is 62.1 Å². The Kier molecular flexibility index (Phi) is 5.44. The lowest BCUT2D eigenvalue weighted by molar-refractivity contribution is 0.0599. The number of aromatic nitrogens is 1. The van der Waals surface area contributed by atoms with Crippen molar-refractivity contribution >= 4 is 16.9 Å². The van der Waals surface area contributed by atoms with Crippen molar-refractivity contribution in [2.75, 3.05) is 26.2 Å². The molecule has 5 nitrogen and oxygen atoms in total. The van der Waals surface area contributed by atoms with Crippen molar-refractivity contribution in [1.82, 2.24) is 14.8 Å². The molecule has 0 bridgehead atoms. The van der Waals surface area contributed by atoms with Crippen LogP contribution in [0.15, 0.2) is 47.1 Å². The molecule has 1 amide bonds. The summed E-state index contributed by atoms with van der Waals surface area (Å²) in [6, 6.07) is 10.3. The van der Waals surface area contributed by atoms with Gasteiger partial charge in [0.15, 0.2) is 5.76 Å². The third-order valence-corrected chi connectivity index (χ3v) is 5.52. The molecular formula is C23H27N3O2. The van der Waals surface area contributed by atoms with Crippen LogP contribution in [-0.2, 0) is 13.0 Å². The molecule has 0 spiro atoms. The molecule has 1 aliphatic heterocycles. The second-order valence-electron chi connectivity index (χ2n) is 7.57. The number of aryl methyl sites for hydroxylation is 2. The number of rotatable bonds is 5. The van der Waals surface area contributed by atoms with Crippen molar-refractivity contribution in [1.29, 1.82) is 0 Å². The molecule has 3 heterocycles. The van der Waals surface area contributed by atoms with Crippen LogP contribution in [-0.4, -0.2) is 46.9 Å². The molecule has 146 valence electrons. The highest BCUT2D eigenvalue weighted by Gasteiger charge is 2.26. The molecule has 2 aromatic heterocycles. The van der Waals surface area contributed by atoms with Gasteiger partial charge in [0, 0.05) is 56.1 Å². The molecule has 1 aliphatic rings. The maximum atomic E-state index is 13.1. The van der Waals surface area contributed by atoms with Crippen LogP contribution in [0.4, 0.5) is 0 Å². The standard InChI is InChI=1S/C23H27N3O2/c1-3-5-18-7-8-21-20(14-18)17(2)22(28-21)23(27)26-12-10-25(11-13-26)16-19-6-4-9-24-15-19/h4,6-9,14-15H,3,5,10-13,16H2,1-2H3. The van der Waals surface area contributed by atoms with Gasteiger partial charge in [-0.15, -0.1) is 0 Å². The monoisotopic (exact) mass is 377 g/mol. The predicted octanol–water partition coefficient (Wildman–Crippen LogP) is 4.05. The first-order chi connectivity index (χ1) is 13.7. The van der Waals surface area contributed by atoms with Gasteiger partial charge in [-0.2, -0.15) is 0 Å². The van der Waals surface area contributed by atoms with E-state index in [4.69, 9.17) is 4.42 Å². The first-order valence-electron chi connectivity index (χ1n) is 10.1. The van der Waals surface area contributed by atoms with Crippen molar-refractivity contribution < 1.29 is 9.21 Å². The smallest absolute Gasteiger partial charge is 0.289 e. The summed E-state index contributed by atoms with van der Waals surface area (Å²) >= 11 is 0. The minimum atomic E-state index is 0.00627. The number of hydrogen-bond acceptors (Lipinski definition) is 4. The van der Waals surface area contributed by atoms with Crippen molar-refractivity contribution in [3.63, 3.8) is 0 Å². The second-order valence-corrected chi connectivity index (χ2v) is 7.57. The number of amides is 1. The van der Waals surface area contributed by atoms with Crippen LogP contribution in [0.5, 0.6) is 0 Å². The molecule has 0 atom stereocenters. The topological polar surface area (TPSA) is 49.6 Å². The molecule has 3 aromatic rings. The molecule has 0 radical (unpaired) electrons. The third-order valence-electron chi connectivity index (χ3n) is 5.52. The Labute approximate surface area is 166 Å². The van der Waals surface area contributed by atoms with Gasteiger partial charge in [-0.1, -0.05) is 25.5 Å². The van der Waals surface area contributed by atoms with Gasteiger partial charge in [0.25, 0.3) is 5.91 Å². The summed E-state index contributed by atoms with van der Waals surface area (Å²) in [6.45, 7) is 8.21.